The highest BCUT2D eigenvalue weighted by Gasteiger charge is 2.46. The van der Waals surface area contributed by atoms with Gasteiger partial charge in [-0.2, -0.15) is 0 Å². The molecule has 2 saturated heterocycles. The second-order valence-electron chi connectivity index (χ2n) is 5.65. The van der Waals surface area contributed by atoms with Gasteiger partial charge in [0.2, 0.25) is 5.91 Å². The molecule has 0 spiro atoms. The minimum Gasteiger partial charge on any atom is -0.480 e. The molecule has 0 radical (unpaired) electrons. The molecule has 2 aliphatic heterocycles. The topological polar surface area (TPSA) is 110 Å². The monoisotopic (exact) mass is 285 g/mol. The van der Waals surface area contributed by atoms with Crippen LogP contribution in [-0.2, 0) is 9.59 Å². The number of β-amino-alcohol motifs (C(OH)–C–C–N with tert-alkyl or cyclic N) is 1. The summed E-state index contributed by atoms with van der Waals surface area (Å²) in [7, 11) is 0. The Kier molecular flexibility index (Phi) is 3.59. The molecule has 2 atom stereocenters. The second kappa shape index (κ2) is 4.93. The second-order valence-corrected chi connectivity index (χ2v) is 5.65. The van der Waals surface area contributed by atoms with Crippen molar-refractivity contribution in [1.29, 1.82) is 0 Å². The maximum absolute atomic E-state index is 12.5. The van der Waals surface area contributed by atoms with Crippen LogP contribution in [0.5, 0.6) is 0 Å². The van der Waals surface area contributed by atoms with Crippen molar-refractivity contribution in [1.82, 2.24) is 15.1 Å². The summed E-state index contributed by atoms with van der Waals surface area (Å²) in [6.07, 6.45) is -0.830. The Bertz CT molecular complexity index is 450. The molecule has 2 aliphatic rings. The van der Waals surface area contributed by atoms with Crippen molar-refractivity contribution in [2.45, 2.75) is 38.0 Å². The Morgan fingerprint density at radius 2 is 2.05 bits per heavy atom. The molecule has 8 nitrogen and oxygen atoms in total. The smallest absolute Gasteiger partial charge is 0.326 e. The molecule has 2 unspecified atom stereocenters. The molecule has 0 aromatic heterocycles. The normalized spacial score (nSPS) is 29.2. The zero-order chi connectivity index (χ0) is 15.1. The molecule has 8 heteroatoms. The minimum atomic E-state index is -1.14. The van der Waals surface area contributed by atoms with Crippen molar-refractivity contribution in [3.63, 3.8) is 0 Å². The van der Waals surface area contributed by atoms with E-state index in [-0.39, 0.29) is 18.9 Å². The SMILES string of the molecule is CC1(C)C(=O)NCCN1C(=O)N1CC(O)CC1C(=O)O. The predicted octanol–water partition coefficient (Wildman–Crippen LogP) is -1.16. The highest BCUT2D eigenvalue weighted by atomic mass is 16.4. The highest BCUT2D eigenvalue weighted by Crippen LogP contribution is 2.25. The molecule has 0 aliphatic carbocycles. The van der Waals surface area contributed by atoms with Crippen molar-refractivity contribution >= 4 is 17.9 Å². The molecule has 2 heterocycles. The number of nitrogens with one attached hydrogen (secondary N) is 1. The number of carbonyl (C=O) groups excluding carboxylic acids is 2. The third-order valence-electron chi connectivity index (χ3n) is 3.89. The summed E-state index contributed by atoms with van der Waals surface area (Å²) in [5.74, 6) is -1.42. The first kappa shape index (κ1) is 14.6. The molecule has 0 bridgehead atoms. The first-order valence-electron chi connectivity index (χ1n) is 6.52. The predicted molar refractivity (Wildman–Crippen MR) is 67.9 cm³/mol. The van der Waals surface area contributed by atoms with Crippen LogP contribution in [0, 0.1) is 0 Å². The van der Waals surface area contributed by atoms with Crippen molar-refractivity contribution < 1.29 is 24.6 Å². The van der Waals surface area contributed by atoms with Gasteiger partial charge in [-0.05, 0) is 13.8 Å². The van der Waals surface area contributed by atoms with Crippen LogP contribution in [0.25, 0.3) is 0 Å². The van der Waals surface area contributed by atoms with Crippen LogP contribution in [0.4, 0.5) is 4.79 Å². The number of rotatable bonds is 1. The van der Waals surface area contributed by atoms with Gasteiger partial charge in [0.05, 0.1) is 6.10 Å². The number of carbonyl (C=O) groups is 3. The number of nitrogens with zero attached hydrogens (tertiary/aromatic N) is 2. The molecule has 3 amide bonds. The van der Waals surface area contributed by atoms with Gasteiger partial charge in [0.25, 0.3) is 0 Å². The largest absolute Gasteiger partial charge is 0.480 e. The first-order chi connectivity index (χ1) is 9.25. The van der Waals surface area contributed by atoms with E-state index in [9.17, 15) is 19.5 Å². The third-order valence-corrected chi connectivity index (χ3v) is 3.89. The van der Waals surface area contributed by atoms with Gasteiger partial charge < -0.3 is 25.3 Å². The lowest BCUT2D eigenvalue weighted by Crippen LogP contribution is -2.66. The number of amides is 3. The lowest BCUT2D eigenvalue weighted by atomic mass is 9.99. The Morgan fingerprint density at radius 1 is 1.40 bits per heavy atom. The van der Waals surface area contributed by atoms with Crippen molar-refractivity contribution in [2.75, 3.05) is 19.6 Å². The van der Waals surface area contributed by atoms with Crippen LogP contribution in [0.15, 0.2) is 0 Å². The van der Waals surface area contributed by atoms with Crippen LogP contribution in [0.3, 0.4) is 0 Å². The van der Waals surface area contributed by atoms with Gasteiger partial charge in [-0.15, -0.1) is 0 Å². The van der Waals surface area contributed by atoms with E-state index in [4.69, 9.17) is 5.11 Å². The molecule has 0 saturated carbocycles. The fourth-order valence-electron chi connectivity index (χ4n) is 2.65. The molecule has 3 N–H and O–H groups in total. The molecule has 0 aromatic rings. The van der Waals surface area contributed by atoms with Crippen molar-refractivity contribution in [2.24, 2.45) is 0 Å². The maximum atomic E-state index is 12.5. The number of piperazine rings is 1. The third kappa shape index (κ3) is 2.31. The summed E-state index contributed by atoms with van der Waals surface area (Å²) >= 11 is 0. The van der Waals surface area contributed by atoms with Crippen molar-refractivity contribution in [3.8, 4) is 0 Å². The zero-order valence-corrected chi connectivity index (χ0v) is 11.5. The Morgan fingerprint density at radius 3 is 2.65 bits per heavy atom. The molecule has 112 valence electrons. The van der Waals surface area contributed by atoms with Gasteiger partial charge in [0, 0.05) is 26.1 Å². The van der Waals surface area contributed by atoms with Gasteiger partial charge in [-0.25, -0.2) is 9.59 Å². The van der Waals surface area contributed by atoms with E-state index in [0.717, 1.165) is 4.90 Å². The van der Waals surface area contributed by atoms with Crippen molar-refractivity contribution in [3.05, 3.63) is 0 Å². The van der Waals surface area contributed by atoms with Crippen LogP contribution < -0.4 is 5.32 Å². The number of aliphatic carboxylic acids is 1. The van der Waals surface area contributed by atoms with E-state index in [0.29, 0.717) is 13.1 Å². The highest BCUT2D eigenvalue weighted by molar-refractivity contribution is 5.92. The molecule has 20 heavy (non-hydrogen) atoms. The number of carboxylic acid groups (broad SMARTS) is 1. The summed E-state index contributed by atoms with van der Waals surface area (Å²) < 4.78 is 0. The average Bonchev–Trinajstić information content (AvgIpc) is 2.74. The Hall–Kier alpha value is -1.83. The van der Waals surface area contributed by atoms with Gasteiger partial charge in [-0.3, -0.25) is 4.79 Å². The molecule has 2 fully saturated rings. The fourth-order valence-corrected chi connectivity index (χ4v) is 2.65. The number of aliphatic hydroxyl groups excluding tert-OH is 1. The lowest BCUT2D eigenvalue weighted by molar-refractivity contribution is -0.141. The molecular formula is C12H19N3O5. The van der Waals surface area contributed by atoms with Gasteiger partial charge in [0.15, 0.2) is 0 Å². The average molecular weight is 285 g/mol. The van der Waals surface area contributed by atoms with Gasteiger partial charge in [-0.1, -0.05) is 0 Å². The van der Waals surface area contributed by atoms with Crippen LogP contribution in [0.2, 0.25) is 0 Å². The zero-order valence-electron chi connectivity index (χ0n) is 11.5. The number of hydrogen-bond acceptors (Lipinski definition) is 4. The summed E-state index contributed by atoms with van der Waals surface area (Å²) in [5.41, 5.74) is -1.04. The van der Waals surface area contributed by atoms with E-state index in [1.807, 2.05) is 0 Å². The maximum Gasteiger partial charge on any atom is 0.326 e. The summed E-state index contributed by atoms with van der Waals surface area (Å²) in [5, 5.41) is 21.4. The Balaban J connectivity index is 2.22. The van der Waals surface area contributed by atoms with E-state index in [2.05, 4.69) is 5.32 Å². The van der Waals surface area contributed by atoms with E-state index < -0.39 is 29.7 Å². The number of aliphatic hydroxyl groups is 1. The van der Waals surface area contributed by atoms with Crippen LogP contribution >= 0.6 is 0 Å². The standard InChI is InChI=1S/C12H19N3O5/c1-12(2)10(19)13-3-4-15(12)11(20)14-6-7(16)5-8(14)9(17)18/h7-8,16H,3-6H2,1-2H3,(H,13,19)(H,17,18). The van der Waals surface area contributed by atoms with E-state index >= 15 is 0 Å². The first-order valence-corrected chi connectivity index (χ1v) is 6.52. The lowest BCUT2D eigenvalue weighted by Gasteiger charge is -2.43. The molecule has 2 rings (SSSR count). The molecule has 0 aromatic carbocycles. The number of likely N-dealkylation sites (tertiary alicyclic amines) is 1. The quantitative estimate of drug-likeness (QED) is 0.562. The minimum absolute atomic E-state index is 0.0154. The van der Waals surface area contributed by atoms with Crippen LogP contribution in [0.1, 0.15) is 20.3 Å². The molecular weight excluding hydrogens is 266 g/mol. The van der Waals surface area contributed by atoms with E-state index in [1.165, 1.54) is 4.90 Å². The Labute approximate surface area is 116 Å². The summed E-state index contributed by atoms with van der Waals surface area (Å²) in [6.45, 7) is 3.85. The number of hydrogen-bond donors (Lipinski definition) is 3. The van der Waals surface area contributed by atoms with Gasteiger partial charge >= 0.3 is 12.0 Å². The summed E-state index contributed by atoms with van der Waals surface area (Å²) in [6, 6.07) is -1.56. The van der Waals surface area contributed by atoms with Gasteiger partial charge in [0.1, 0.15) is 11.6 Å². The fraction of sp³-hybridized carbons (Fsp3) is 0.750. The van der Waals surface area contributed by atoms with Crippen LogP contribution in [-0.4, -0.2) is 75.2 Å². The number of urea groups is 1. The van der Waals surface area contributed by atoms with E-state index in [1.54, 1.807) is 13.8 Å². The summed E-state index contributed by atoms with van der Waals surface area (Å²) in [4.78, 5) is 38.0. The number of carboxylic acids is 1.